The highest BCUT2D eigenvalue weighted by molar-refractivity contribution is 7.92. The first-order chi connectivity index (χ1) is 10.2. The second kappa shape index (κ2) is 6.12. The molecule has 0 spiro atoms. The largest absolute Gasteiger partial charge is 0.278 e. The van der Waals surface area contributed by atoms with Crippen LogP contribution in [0.25, 0.3) is 0 Å². The Bertz CT molecular complexity index is 853. The Morgan fingerprint density at radius 2 is 1.91 bits per heavy atom. The van der Waals surface area contributed by atoms with Crippen LogP contribution >= 0.6 is 23.2 Å². The van der Waals surface area contributed by atoms with Gasteiger partial charge in [-0.25, -0.2) is 8.42 Å². The van der Waals surface area contributed by atoms with E-state index in [-0.39, 0.29) is 26.3 Å². The van der Waals surface area contributed by atoms with E-state index >= 15 is 0 Å². The number of hydrogen-bond donors (Lipinski definition) is 1. The molecule has 115 valence electrons. The summed E-state index contributed by atoms with van der Waals surface area (Å²) in [6, 6.07) is 8.74. The van der Waals surface area contributed by atoms with E-state index in [0.29, 0.717) is 5.56 Å². The Hall–Kier alpha value is -1.83. The van der Waals surface area contributed by atoms with Crippen molar-refractivity contribution in [2.24, 2.45) is 0 Å². The number of halogens is 2. The monoisotopic (exact) mass is 359 g/mol. The van der Waals surface area contributed by atoms with Gasteiger partial charge in [0.05, 0.1) is 20.5 Å². The van der Waals surface area contributed by atoms with Crippen molar-refractivity contribution >= 4 is 44.6 Å². The van der Waals surface area contributed by atoms with Crippen molar-refractivity contribution in [2.75, 3.05) is 4.72 Å². The molecule has 0 aliphatic carbocycles. The van der Waals surface area contributed by atoms with Gasteiger partial charge in [0, 0.05) is 23.2 Å². The summed E-state index contributed by atoms with van der Waals surface area (Å²) < 4.78 is 26.7. The van der Waals surface area contributed by atoms with Gasteiger partial charge in [-0.15, -0.1) is 0 Å². The van der Waals surface area contributed by atoms with Crippen molar-refractivity contribution in [3.05, 3.63) is 62.1 Å². The van der Waals surface area contributed by atoms with Crippen LogP contribution < -0.4 is 4.72 Å². The van der Waals surface area contributed by atoms with Gasteiger partial charge >= 0.3 is 0 Å². The fraction of sp³-hybridized carbons (Fsp3) is 0.0769. The predicted molar refractivity (Wildman–Crippen MR) is 83.9 cm³/mol. The highest BCUT2D eigenvalue weighted by atomic mass is 35.5. The molecule has 9 heteroatoms. The SMILES string of the molecule is Cc1c[c]c(S(=O)(=O)Nc2ccc([N+](=O)[O-])cc2Cl)cc1Cl. The number of nitrogens with one attached hydrogen (secondary N) is 1. The highest BCUT2D eigenvalue weighted by Gasteiger charge is 2.18. The lowest BCUT2D eigenvalue weighted by molar-refractivity contribution is -0.384. The number of sulfonamides is 1. The van der Waals surface area contributed by atoms with Gasteiger partial charge in [-0.2, -0.15) is 0 Å². The third-order valence-electron chi connectivity index (χ3n) is 2.76. The maximum absolute atomic E-state index is 12.2. The topological polar surface area (TPSA) is 89.3 Å². The summed E-state index contributed by atoms with van der Waals surface area (Å²) in [6.45, 7) is 1.72. The molecule has 0 bridgehead atoms. The molecule has 1 N–H and O–H groups in total. The van der Waals surface area contributed by atoms with Gasteiger partial charge in [0.25, 0.3) is 15.7 Å². The lowest BCUT2D eigenvalue weighted by atomic mass is 10.2. The summed E-state index contributed by atoms with van der Waals surface area (Å²) in [5.74, 6) is 0. The van der Waals surface area contributed by atoms with E-state index in [1.807, 2.05) is 0 Å². The average Bonchev–Trinajstić information content (AvgIpc) is 2.43. The molecule has 2 rings (SSSR count). The summed E-state index contributed by atoms with van der Waals surface area (Å²) in [5, 5.41) is 10.8. The van der Waals surface area contributed by atoms with Crippen molar-refractivity contribution in [2.45, 2.75) is 11.8 Å². The van der Waals surface area contributed by atoms with Crippen molar-refractivity contribution in [1.82, 2.24) is 0 Å². The standard InChI is InChI=1S/C13H9Cl2N2O4S/c1-8-2-4-10(7-11(8)14)22(20,21)16-13-5-3-9(17(18)19)6-12(13)15/h2-3,5-7,16H,1H3. The van der Waals surface area contributed by atoms with Gasteiger partial charge in [-0.3, -0.25) is 14.8 Å². The number of non-ortho nitro benzene ring substituents is 1. The zero-order chi connectivity index (χ0) is 16.5. The molecule has 0 aliphatic heterocycles. The number of aryl methyl sites for hydroxylation is 1. The Labute approximate surface area is 136 Å². The first-order valence-corrected chi connectivity index (χ1v) is 8.09. The third kappa shape index (κ3) is 3.49. The molecule has 0 fully saturated rings. The molecule has 0 unspecified atom stereocenters. The number of anilines is 1. The summed E-state index contributed by atoms with van der Waals surface area (Å²) in [4.78, 5) is 9.85. The quantitative estimate of drug-likeness (QED) is 0.663. The Balaban J connectivity index is 2.36. The van der Waals surface area contributed by atoms with E-state index in [9.17, 15) is 18.5 Å². The summed E-state index contributed by atoms with van der Waals surface area (Å²) in [5.41, 5.74) is 0.476. The molecule has 0 saturated heterocycles. The molecule has 0 aromatic heterocycles. The summed E-state index contributed by atoms with van der Waals surface area (Å²) in [7, 11) is -3.95. The molecule has 1 radical (unpaired) electrons. The van der Waals surface area contributed by atoms with E-state index in [1.165, 1.54) is 18.2 Å². The van der Waals surface area contributed by atoms with Crippen molar-refractivity contribution in [1.29, 1.82) is 0 Å². The Morgan fingerprint density at radius 3 is 2.45 bits per heavy atom. The van der Waals surface area contributed by atoms with Gasteiger partial charge in [-0.1, -0.05) is 23.2 Å². The van der Waals surface area contributed by atoms with Gasteiger partial charge in [-0.05, 0) is 30.7 Å². The molecular formula is C13H9Cl2N2O4S. The fourth-order valence-electron chi connectivity index (χ4n) is 1.57. The second-order valence-electron chi connectivity index (χ2n) is 4.35. The first kappa shape index (κ1) is 16.5. The smallest absolute Gasteiger partial charge is 0.271 e. The van der Waals surface area contributed by atoms with Crippen molar-refractivity contribution < 1.29 is 13.3 Å². The number of rotatable bonds is 4. The van der Waals surface area contributed by atoms with Gasteiger partial charge < -0.3 is 0 Å². The number of nitrogens with zero attached hydrogens (tertiary/aromatic N) is 1. The number of benzene rings is 2. The van der Waals surface area contributed by atoms with E-state index in [2.05, 4.69) is 10.8 Å². The van der Waals surface area contributed by atoms with Crippen molar-refractivity contribution in [3.63, 3.8) is 0 Å². The number of nitro benzene ring substituents is 1. The molecule has 0 heterocycles. The normalized spacial score (nSPS) is 11.2. The maximum Gasteiger partial charge on any atom is 0.271 e. The average molecular weight is 360 g/mol. The van der Waals surface area contributed by atoms with E-state index < -0.39 is 14.9 Å². The van der Waals surface area contributed by atoms with Gasteiger partial charge in [0.15, 0.2) is 0 Å². The molecular weight excluding hydrogens is 351 g/mol. The zero-order valence-corrected chi connectivity index (χ0v) is 13.5. The Kier molecular flexibility index (Phi) is 4.60. The molecule has 2 aromatic carbocycles. The molecule has 22 heavy (non-hydrogen) atoms. The van der Waals surface area contributed by atoms with E-state index in [1.54, 1.807) is 6.92 Å². The lowest BCUT2D eigenvalue weighted by Gasteiger charge is -2.10. The first-order valence-electron chi connectivity index (χ1n) is 5.85. The zero-order valence-electron chi connectivity index (χ0n) is 11.1. The van der Waals surface area contributed by atoms with Crippen LogP contribution in [0.15, 0.2) is 35.2 Å². The van der Waals surface area contributed by atoms with Crippen LogP contribution in [0, 0.1) is 23.1 Å². The summed E-state index contributed by atoms with van der Waals surface area (Å²) in [6.07, 6.45) is 0. The van der Waals surface area contributed by atoms with Gasteiger partial charge in [0.2, 0.25) is 0 Å². The molecule has 0 saturated carbocycles. The molecule has 0 amide bonds. The minimum Gasteiger partial charge on any atom is -0.278 e. The Morgan fingerprint density at radius 1 is 1.23 bits per heavy atom. The molecule has 0 aliphatic rings. The van der Waals surface area contributed by atoms with Gasteiger partial charge in [0.1, 0.15) is 0 Å². The van der Waals surface area contributed by atoms with Crippen LogP contribution in [0.3, 0.4) is 0 Å². The molecule has 2 aromatic rings. The van der Waals surface area contributed by atoms with Crippen LogP contribution in [0.1, 0.15) is 5.56 Å². The molecule has 6 nitrogen and oxygen atoms in total. The second-order valence-corrected chi connectivity index (χ2v) is 6.82. The van der Waals surface area contributed by atoms with E-state index in [0.717, 1.165) is 12.1 Å². The van der Waals surface area contributed by atoms with Crippen LogP contribution in [0.2, 0.25) is 10.0 Å². The van der Waals surface area contributed by atoms with Crippen LogP contribution in [0.5, 0.6) is 0 Å². The van der Waals surface area contributed by atoms with Crippen molar-refractivity contribution in [3.8, 4) is 0 Å². The minimum atomic E-state index is -3.95. The maximum atomic E-state index is 12.2. The lowest BCUT2D eigenvalue weighted by Crippen LogP contribution is -2.13. The van der Waals surface area contributed by atoms with Crippen LogP contribution in [0.4, 0.5) is 11.4 Å². The van der Waals surface area contributed by atoms with Crippen LogP contribution in [-0.2, 0) is 10.0 Å². The highest BCUT2D eigenvalue weighted by Crippen LogP contribution is 2.29. The molecule has 0 atom stereocenters. The predicted octanol–water partition coefficient (Wildman–Crippen LogP) is 3.81. The van der Waals surface area contributed by atoms with Crippen LogP contribution in [-0.4, -0.2) is 13.3 Å². The number of hydrogen-bond acceptors (Lipinski definition) is 4. The minimum absolute atomic E-state index is 0.0253. The number of nitro groups is 1. The third-order valence-corrected chi connectivity index (χ3v) is 4.79. The summed E-state index contributed by atoms with van der Waals surface area (Å²) >= 11 is 11.8. The van der Waals surface area contributed by atoms with E-state index in [4.69, 9.17) is 23.2 Å². The fourth-order valence-corrected chi connectivity index (χ4v) is 3.15.